The number of nitrogens with one attached hydrogen (secondary N) is 1. The van der Waals surface area contributed by atoms with Gasteiger partial charge in [0.2, 0.25) is 0 Å². The van der Waals surface area contributed by atoms with Gasteiger partial charge in [0.05, 0.1) is 23.7 Å². The van der Waals surface area contributed by atoms with Crippen molar-refractivity contribution in [3.8, 4) is 11.5 Å². The van der Waals surface area contributed by atoms with Crippen LogP contribution in [-0.4, -0.2) is 31.6 Å². The second-order valence-corrected chi connectivity index (χ2v) is 3.81. The lowest BCUT2D eigenvalue weighted by atomic mass is 10.1. The number of likely N-dealkylation sites (N-methyl/N-ethyl adjacent to an activating group) is 1. The number of ether oxygens (including phenoxy) is 1. The lowest BCUT2D eigenvalue weighted by Crippen LogP contribution is -2.18. The number of hydrogen-bond acceptors (Lipinski definition) is 4. The molecule has 0 aromatic heterocycles. The molecule has 0 amide bonds. The van der Waals surface area contributed by atoms with Crippen LogP contribution in [0.3, 0.4) is 0 Å². The van der Waals surface area contributed by atoms with Crippen molar-refractivity contribution in [2.75, 3.05) is 20.7 Å². The lowest BCUT2D eigenvalue weighted by Gasteiger charge is -2.08. The molecule has 82 valence electrons. The number of phenolic OH excluding ortho intramolecular Hbond substituents is 1. The van der Waals surface area contributed by atoms with E-state index in [1.165, 1.54) is 13.2 Å². The Labute approximate surface area is 96.4 Å². The van der Waals surface area contributed by atoms with E-state index >= 15 is 0 Å². The van der Waals surface area contributed by atoms with Gasteiger partial charge in [-0.2, -0.15) is 0 Å². The molecule has 4 nitrogen and oxygen atoms in total. The highest BCUT2D eigenvalue weighted by molar-refractivity contribution is 9.10. The number of aromatic hydroxyl groups is 1. The van der Waals surface area contributed by atoms with Gasteiger partial charge in [-0.25, -0.2) is 0 Å². The summed E-state index contributed by atoms with van der Waals surface area (Å²) in [6.45, 7) is 0.187. The monoisotopic (exact) mass is 273 g/mol. The van der Waals surface area contributed by atoms with Gasteiger partial charge in [-0.15, -0.1) is 0 Å². The molecule has 1 rings (SSSR count). The minimum absolute atomic E-state index is 0.0738. The molecule has 0 radical (unpaired) electrons. The molecule has 0 aliphatic rings. The first-order valence-electron chi connectivity index (χ1n) is 4.34. The van der Waals surface area contributed by atoms with Crippen molar-refractivity contribution >= 4 is 21.7 Å². The summed E-state index contributed by atoms with van der Waals surface area (Å²) in [5.74, 6) is 0.252. The largest absolute Gasteiger partial charge is 0.507 e. The van der Waals surface area contributed by atoms with Gasteiger partial charge < -0.3 is 15.2 Å². The van der Waals surface area contributed by atoms with Crippen LogP contribution in [0.25, 0.3) is 0 Å². The third kappa shape index (κ3) is 2.70. The average Bonchev–Trinajstić information content (AvgIpc) is 2.21. The lowest BCUT2D eigenvalue weighted by molar-refractivity contribution is 0.0991. The zero-order valence-corrected chi connectivity index (χ0v) is 10.1. The maximum absolute atomic E-state index is 11.5. The smallest absolute Gasteiger partial charge is 0.180 e. The van der Waals surface area contributed by atoms with E-state index in [2.05, 4.69) is 21.2 Å². The second kappa shape index (κ2) is 5.14. The molecule has 2 N–H and O–H groups in total. The van der Waals surface area contributed by atoms with Gasteiger partial charge in [-0.1, -0.05) is 0 Å². The third-order valence-corrected chi connectivity index (χ3v) is 2.53. The van der Waals surface area contributed by atoms with E-state index < -0.39 is 0 Å². The summed E-state index contributed by atoms with van der Waals surface area (Å²) in [6, 6.07) is 2.96. The number of hydrogen-bond donors (Lipinski definition) is 2. The third-order valence-electron chi connectivity index (χ3n) is 1.91. The molecule has 0 aliphatic carbocycles. The first kappa shape index (κ1) is 12.0. The molecule has 5 heteroatoms. The van der Waals surface area contributed by atoms with Crippen molar-refractivity contribution in [3.05, 3.63) is 22.2 Å². The minimum Gasteiger partial charge on any atom is -0.507 e. The number of carbonyl (C=O) groups excluding carboxylic acids is 1. The Morgan fingerprint density at radius 3 is 2.80 bits per heavy atom. The van der Waals surface area contributed by atoms with Crippen LogP contribution in [0.4, 0.5) is 0 Å². The molecule has 0 bridgehead atoms. The molecule has 0 unspecified atom stereocenters. The van der Waals surface area contributed by atoms with E-state index in [1.54, 1.807) is 13.1 Å². The van der Waals surface area contributed by atoms with Crippen molar-refractivity contribution in [3.63, 3.8) is 0 Å². The normalized spacial score (nSPS) is 10.1. The quantitative estimate of drug-likeness (QED) is 0.818. The Hall–Kier alpha value is -1.07. The van der Waals surface area contributed by atoms with E-state index in [0.29, 0.717) is 10.2 Å². The Morgan fingerprint density at radius 1 is 1.60 bits per heavy atom. The predicted molar refractivity (Wildman–Crippen MR) is 60.6 cm³/mol. The van der Waals surface area contributed by atoms with Gasteiger partial charge in [-0.3, -0.25) is 4.79 Å². The molecule has 1 aromatic rings. The van der Waals surface area contributed by atoms with E-state index in [4.69, 9.17) is 4.74 Å². The molecule has 0 saturated heterocycles. The van der Waals surface area contributed by atoms with Gasteiger partial charge in [0, 0.05) is 6.07 Å². The van der Waals surface area contributed by atoms with Crippen molar-refractivity contribution < 1.29 is 14.6 Å². The number of ketones is 1. The number of phenols is 1. The summed E-state index contributed by atoms with van der Waals surface area (Å²) in [7, 11) is 3.17. The molecule has 1 aromatic carbocycles. The maximum atomic E-state index is 11.5. The Morgan fingerprint density at radius 2 is 2.27 bits per heavy atom. The maximum Gasteiger partial charge on any atom is 0.180 e. The fourth-order valence-corrected chi connectivity index (χ4v) is 1.68. The second-order valence-electron chi connectivity index (χ2n) is 2.96. The van der Waals surface area contributed by atoms with E-state index in [-0.39, 0.29) is 23.6 Å². The summed E-state index contributed by atoms with van der Waals surface area (Å²) in [6.07, 6.45) is 0. The summed E-state index contributed by atoms with van der Waals surface area (Å²) in [5.41, 5.74) is 0.275. The number of Topliss-reactive ketones (excluding diaryl/α,β-unsaturated/α-hetero) is 1. The number of methoxy groups -OCH3 is 1. The fourth-order valence-electron chi connectivity index (χ4n) is 1.18. The van der Waals surface area contributed by atoms with E-state index in [9.17, 15) is 9.90 Å². The molecule has 0 aliphatic heterocycles. The summed E-state index contributed by atoms with van der Waals surface area (Å²) in [5, 5.41) is 12.3. The standard InChI is InChI=1S/C10H12BrNO3/c1-12-5-9(14)6-3-7(11)10(15-2)4-8(6)13/h3-4,12-13H,5H2,1-2H3. The van der Waals surface area contributed by atoms with Crippen LogP contribution in [0.2, 0.25) is 0 Å². The first-order chi connectivity index (χ1) is 7.10. The predicted octanol–water partition coefficient (Wildman–Crippen LogP) is 1.57. The number of benzene rings is 1. The summed E-state index contributed by atoms with van der Waals surface area (Å²) in [4.78, 5) is 11.5. The van der Waals surface area contributed by atoms with Crippen molar-refractivity contribution in [2.24, 2.45) is 0 Å². The fraction of sp³-hybridized carbons (Fsp3) is 0.300. The number of halogens is 1. The zero-order chi connectivity index (χ0) is 11.4. The van der Waals surface area contributed by atoms with Gasteiger partial charge in [0.25, 0.3) is 0 Å². The topological polar surface area (TPSA) is 58.6 Å². The van der Waals surface area contributed by atoms with E-state index in [1.807, 2.05) is 0 Å². The van der Waals surface area contributed by atoms with Crippen LogP contribution < -0.4 is 10.1 Å². The molecule has 0 spiro atoms. The summed E-state index contributed by atoms with van der Waals surface area (Å²) >= 11 is 3.25. The number of rotatable bonds is 4. The highest BCUT2D eigenvalue weighted by Gasteiger charge is 2.13. The van der Waals surface area contributed by atoms with E-state index in [0.717, 1.165) is 0 Å². The average molecular weight is 274 g/mol. The van der Waals surface area contributed by atoms with Gasteiger partial charge in [0.1, 0.15) is 11.5 Å². The Kier molecular flexibility index (Phi) is 4.11. The van der Waals surface area contributed by atoms with Crippen LogP contribution in [-0.2, 0) is 0 Å². The van der Waals surface area contributed by atoms with Crippen LogP contribution >= 0.6 is 15.9 Å². The Bertz CT molecular complexity index is 379. The molecule has 0 heterocycles. The molecule has 0 atom stereocenters. The highest BCUT2D eigenvalue weighted by Crippen LogP contribution is 2.32. The SMILES string of the molecule is CNCC(=O)c1cc(Br)c(OC)cc1O. The van der Waals surface area contributed by atoms with Gasteiger partial charge in [0.15, 0.2) is 5.78 Å². The van der Waals surface area contributed by atoms with Gasteiger partial charge >= 0.3 is 0 Å². The van der Waals surface area contributed by atoms with Gasteiger partial charge in [-0.05, 0) is 29.0 Å². The van der Waals surface area contributed by atoms with Crippen LogP contribution in [0.15, 0.2) is 16.6 Å². The molecule has 0 fully saturated rings. The van der Waals surface area contributed by atoms with Crippen molar-refractivity contribution in [2.45, 2.75) is 0 Å². The molecular formula is C10H12BrNO3. The van der Waals surface area contributed by atoms with Crippen LogP contribution in [0.5, 0.6) is 11.5 Å². The van der Waals surface area contributed by atoms with Crippen molar-refractivity contribution in [1.29, 1.82) is 0 Å². The Balaban J connectivity index is 3.10. The molecule has 15 heavy (non-hydrogen) atoms. The number of carbonyl (C=O) groups is 1. The summed E-state index contributed by atoms with van der Waals surface area (Å²) < 4.78 is 5.63. The minimum atomic E-state index is -0.168. The highest BCUT2D eigenvalue weighted by atomic mass is 79.9. The molecule has 0 saturated carbocycles. The van der Waals surface area contributed by atoms with Crippen LogP contribution in [0.1, 0.15) is 10.4 Å². The van der Waals surface area contributed by atoms with Crippen molar-refractivity contribution in [1.82, 2.24) is 5.32 Å². The molecular weight excluding hydrogens is 262 g/mol. The first-order valence-corrected chi connectivity index (χ1v) is 5.13. The van der Waals surface area contributed by atoms with Crippen LogP contribution in [0, 0.1) is 0 Å². The zero-order valence-electron chi connectivity index (χ0n) is 8.50.